The van der Waals surface area contributed by atoms with Crippen molar-refractivity contribution in [1.82, 2.24) is 25.9 Å². The molecule has 31 heavy (non-hydrogen) atoms. The van der Waals surface area contributed by atoms with Crippen LogP contribution in [0.1, 0.15) is 12.1 Å². The minimum absolute atomic E-state index is 0.00975. The number of carbonyl (C=O) groups is 4. The maximum atomic E-state index is 12.8. The molecule has 1 rings (SSSR count). The summed E-state index contributed by atoms with van der Waals surface area (Å²) in [5.74, 6) is -2.94. The van der Waals surface area contributed by atoms with E-state index in [4.69, 9.17) is 10.8 Å². The van der Waals surface area contributed by atoms with Gasteiger partial charge in [-0.2, -0.15) is 24.4 Å². The Hall–Kier alpha value is -2.29. The topological polar surface area (TPSA) is 200 Å². The van der Waals surface area contributed by atoms with E-state index in [9.17, 15) is 24.3 Å². The summed E-state index contributed by atoms with van der Waals surface area (Å²) in [7, 11) is 0. The first-order chi connectivity index (χ1) is 14.7. The number of nitrogens with one attached hydrogen (secondary N) is 4. The van der Waals surface area contributed by atoms with Crippen LogP contribution in [0.5, 0.6) is 0 Å². The molecule has 0 saturated carbocycles. The van der Waals surface area contributed by atoms with E-state index in [1.54, 1.807) is 0 Å². The number of H-pyrrole nitrogens is 1. The lowest BCUT2D eigenvalue weighted by Gasteiger charge is -2.24. The number of carbonyl (C=O) groups excluding carboxylic acids is 3. The van der Waals surface area contributed by atoms with Crippen molar-refractivity contribution in [2.45, 2.75) is 37.0 Å². The molecule has 1 aromatic rings. The number of carboxylic acid groups (broad SMARTS) is 1. The average molecular weight is 477 g/mol. The van der Waals surface area contributed by atoms with Crippen molar-refractivity contribution in [3.8, 4) is 0 Å². The smallest absolute Gasteiger partial charge is 0.326 e. The Bertz CT molecular complexity index is 735. The summed E-state index contributed by atoms with van der Waals surface area (Å²) in [5, 5.41) is 25.6. The number of amides is 3. The highest BCUT2D eigenvalue weighted by atomic mass is 32.2. The molecule has 1 aromatic heterocycles. The number of carboxylic acids is 1. The summed E-state index contributed by atoms with van der Waals surface area (Å²) >= 11 is 5.48. The van der Waals surface area contributed by atoms with Gasteiger partial charge in [-0.05, 0) is 18.4 Å². The molecular formula is C17H28N6O6S2. The summed E-state index contributed by atoms with van der Waals surface area (Å²) in [6, 6.07) is -4.61. The van der Waals surface area contributed by atoms with Crippen molar-refractivity contribution in [3.63, 3.8) is 0 Å². The molecule has 4 atom stereocenters. The maximum absolute atomic E-state index is 12.8. The van der Waals surface area contributed by atoms with E-state index in [0.717, 1.165) is 0 Å². The minimum Gasteiger partial charge on any atom is -0.480 e. The molecular weight excluding hydrogens is 448 g/mol. The van der Waals surface area contributed by atoms with E-state index in [1.165, 1.54) is 24.3 Å². The molecule has 0 spiro atoms. The maximum Gasteiger partial charge on any atom is 0.326 e. The third-order valence-electron chi connectivity index (χ3n) is 4.19. The van der Waals surface area contributed by atoms with E-state index in [1.807, 2.05) is 6.26 Å². The second kappa shape index (κ2) is 13.9. The molecule has 0 radical (unpaired) electrons. The molecule has 8 N–H and O–H groups in total. The lowest BCUT2D eigenvalue weighted by molar-refractivity contribution is -0.142. The van der Waals surface area contributed by atoms with Gasteiger partial charge in [-0.1, -0.05) is 0 Å². The predicted molar refractivity (Wildman–Crippen MR) is 118 cm³/mol. The SMILES string of the molecule is CSCCC(NC(=O)C(Cc1cnc[nH]1)NC(=O)C(CS)NC(=O)C(N)CO)C(=O)O. The summed E-state index contributed by atoms with van der Waals surface area (Å²) in [6.45, 7) is -0.607. The van der Waals surface area contributed by atoms with Crippen LogP contribution in [0.15, 0.2) is 12.5 Å². The largest absolute Gasteiger partial charge is 0.480 e. The zero-order valence-electron chi connectivity index (χ0n) is 16.9. The molecule has 12 nitrogen and oxygen atoms in total. The molecule has 0 fully saturated rings. The van der Waals surface area contributed by atoms with Gasteiger partial charge in [0.05, 0.1) is 12.9 Å². The molecule has 0 aliphatic heterocycles. The first-order valence-corrected chi connectivity index (χ1v) is 11.3. The van der Waals surface area contributed by atoms with Crippen LogP contribution in [0, 0.1) is 0 Å². The highest BCUT2D eigenvalue weighted by molar-refractivity contribution is 7.98. The van der Waals surface area contributed by atoms with Crippen molar-refractivity contribution in [2.24, 2.45) is 5.73 Å². The number of rotatable bonds is 14. The number of aliphatic hydroxyl groups is 1. The summed E-state index contributed by atoms with van der Waals surface area (Å²) in [6.07, 6.45) is 4.90. The molecule has 4 unspecified atom stereocenters. The fraction of sp³-hybridized carbons (Fsp3) is 0.588. The van der Waals surface area contributed by atoms with Gasteiger partial charge in [-0.25, -0.2) is 9.78 Å². The Morgan fingerprint density at radius 2 is 1.77 bits per heavy atom. The van der Waals surface area contributed by atoms with Gasteiger partial charge in [0.1, 0.15) is 24.2 Å². The average Bonchev–Trinajstić information content (AvgIpc) is 3.26. The number of aliphatic hydroxyl groups excluding tert-OH is 1. The quantitative estimate of drug-likeness (QED) is 0.134. The number of imidazole rings is 1. The predicted octanol–water partition coefficient (Wildman–Crippen LogP) is -2.51. The fourth-order valence-corrected chi connectivity index (χ4v) is 3.15. The van der Waals surface area contributed by atoms with Gasteiger partial charge < -0.3 is 36.9 Å². The molecule has 174 valence electrons. The van der Waals surface area contributed by atoms with Crippen LogP contribution in [0.25, 0.3) is 0 Å². The van der Waals surface area contributed by atoms with E-state index in [-0.39, 0.29) is 18.6 Å². The number of thioether (sulfide) groups is 1. The number of aromatic amines is 1. The van der Waals surface area contributed by atoms with Crippen LogP contribution in [0.3, 0.4) is 0 Å². The number of nitrogens with two attached hydrogens (primary N) is 1. The number of nitrogens with zero attached hydrogens (tertiary/aromatic N) is 1. The van der Waals surface area contributed by atoms with Crippen molar-refractivity contribution in [1.29, 1.82) is 0 Å². The molecule has 14 heteroatoms. The molecule has 0 aromatic carbocycles. The normalized spacial score (nSPS) is 14.7. The highest BCUT2D eigenvalue weighted by Crippen LogP contribution is 2.05. The van der Waals surface area contributed by atoms with Gasteiger partial charge in [-0.15, -0.1) is 0 Å². The van der Waals surface area contributed by atoms with Crippen LogP contribution in [0.4, 0.5) is 0 Å². The van der Waals surface area contributed by atoms with Crippen LogP contribution >= 0.6 is 24.4 Å². The minimum atomic E-state index is -1.22. The van der Waals surface area contributed by atoms with Crippen LogP contribution in [0.2, 0.25) is 0 Å². The molecule has 0 aliphatic rings. The first kappa shape index (κ1) is 26.7. The third-order valence-corrected chi connectivity index (χ3v) is 5.20. The van der Waals surface area contributed by atoms with Crippen molar-refractivity contribution < 1.29 is 29.4 Å². The zero-order chi connectivity index (χ0) is 23.4. The Morgan fingerprint density at radius 3 is 2.29 bits per heavy atom. The molecule has 1 heterocycles. The number of hydrogen-bond acceptors (Lipinski definition) is 9. The first-order valence-electron chi connectivity index (χ1n) is 9.30. The molecule has 0 saturated heterocycles. The number of aromatic nitrogens is 2. The Morgan fingerprint density at radius 1 is 1.16 bits per heavy atom. The third kappa shape index (κ3) is 9.16. The second-order valence-corrected chi connectivity index (χ2v) is 7.91. The zero-order valence-corrected chi connectivity index (χ0v) is 18.6. The monoisotopic (exact) mass is 476 g/mol. The van der Waals surface area contributed by atoms with Gasteiger partial charge in [-0.3, -0.25) is 14.4 Å². The van der Waals surface area contributed by atoms with Gasteiger partial charge in [0.15, 0.2) is 0 Å². The van der Waals surface area contributed by atoms with Crippen molar-refractivity contribution in [2.75, 3.05) is 24.4 Å². The number of hydrogen-bond donors (Lipinski definition) is 8. The van der Waals surface area contributed by atoms with Crippen LogP contribution < -0.4 is 21.7 Å². The Labute approximate surface area is 188 Å². The van der Waals surface area contributed by atoms with Crippen molar-refractivity contribution in [3.05, 3.63) is 18.2 Å². The summed E-state index contributed by atoms with van der Waals surface area (Å²) in [5.41, 5.74) is 5.96. The van der Waals surface area contributed by atoms with Gasteiger partial charge in [0.25, 0.3) is 0 Å². The van der Waals surface area contributed by atoms with Crippen LogP contribution in [-0.4, -0.2) is 92.4 Å². The van der Waals surface area contributed by atoms with Crippen molar-refractivity contribution >= 4 is 48.1 Å². The number of aliphatic carboxylic acids is 1. The molecule has 0 bridgehead atoms. The van der Waals surface area contributed by atoms with Gasteiger partial charge in [0.2, 0.25) is 17.7 Å². The Kier molecular flexibility index (Phi) is 12.0. The van der Waals surface area contributed by atoms with Gasteiger partial charge >= 0.3 is 5.97 Å². The van der Waals surface area contributed by atoms with E-state index in [0.29, 0.717) is 11.4 Å². The summed E-state index contributed by atoms with van der Waals surface area (Å²) in [4.78, 5) is 55.4. The lowest BCUT2D eigenvalue weighted by atomic mass is 10.1. The van der Waals surface area contributed by atoms with Gasteiger partial charge in [0, 0.05) is 24.1 Å². The molecule has 0 aliphatic carbocycles. The van der Waals surface area contributed by atoms with E-state index >= 15 is 0 Å². The highest BCUT2D eigenvalue weighted by Gasteiger charge is 2.30. The summed E-state index contributed by atoms with van der Waals surface area (Å²) < 4.78 is 0. The number of thiol groups is 1. The van der Waals surface area contributed by atoms with E-state index < -0.39 is 54.5 Å². The van der Waals surface area contributed by atoms with Crippen LogP contribution in [-0.2, 0) is 25.6 Å². The lowest BCUT2D eigenvalue weighted by Crippen LogP contribution is -2.58. The van der Waals surface area contributed by atoms with E-state index in [2.05, 4.69) is 38.5 Å². The fourth-order valence-electron chi connectivity index (χ4n) is 2.42. The molecule has 3 amide bonds. The Balaban J connectivity index is 2.93. The second-order valence-electron chi connectivity index (χ2n) is 6.56. The standard InChI is InChI=1S/C17H28N6O6S2/c1-31-3-2-11(17(28)29)21-15(26)12(4-9-5-19-8-20-9)22-16(27)13(7-30)23-14(25)10(18)6-24/h5,8,10-13,24,30H,2-4,6-7,18H2,1H3,(H,19,20)(H,21,26)(H,22,27)(H,23,25)(H,28,29).